The lowest BCUT2D eigenvalue weighted by atomic mass is 10.0. The lowest BCUT2D eigenvalue weighted by Crippen LogP contribution is -2.30. The van der Waals surface area contributed by atoms with Crippen LogP contribution in [-0.2, 0) is 9.59 Å². The second-order valence-corrected chi connectivity index (χ2v) is 14.9. The average molecular weight is 843 g/mol. The van der Waals surface area contributed by atoms with Crippen LogP contribution in [0.3, 0.4) is 0 Å². The highest BCUT2D eigenvalue weighted by Crippen LogP contribution is 2.28. The first-order chi connectivity index (χ1) is 25.8. The number of carboxylic acid groups (broad SMARTS) is 2. The van der Waals surface area contributed by atoms with E-state index in [2.05, 4.69) is 20.6 Å². The van der Waals surface area contributed by atoms with Gasteiger partial charge in [0.2, 0.25) is 0 Å². The number of rotatable bonds is 12. The standard InChI is InChI=1S/2C19H14Cl2N2O3S/c20-13-5-1-3-11(7-13)15(9-17(24)25)22-18(26)16-10-27-19(23-16)12-4-2-6-14(21)8-12;20-13-6-4-11(5-7-13)19-23-16(10-27-19)18(26)22-15(9-17(24)25)12-2-1-3-14(21)8-12/h2*1-8,10,15H,9H2,(H,22,26)(H,24,25)/t2*15-/m00/s1. The molecule has 2 atom stereocenters. The van der Waals surface area contributed by atoms with E-state index >= 15 is 0 Å². The van der Waals surface area contributed by atoms with Crippen molar-refractivity contribution >= 4 is 92.8 Å². The van der Waals surface area contributed by atoms with Crippen molar-refractivity contribution in [2.24, 2.45) is 0 Å². The van der Waals surface area contributed by atoms with Gasteiger partial charge in [-0.15, -0.1) is 22.7 Å². The Labute approximate surface area is 337 Å². The quantitative estimate of drug-likeness (QED) is 0.0948. The Hall–Kier alpha value is -4.82. The number of thiazole rings is 2. The van der Waals surface area contributed by atoms with Crippen LogP contribution in [0.5, 0.6) is 0 Å². The number of hydrogen-bond donors (Lipinski definition) is 4. The monoisotopic (exact) mass is 840 g/mol. The molecule has 2 heterocycles. The fraction of sp³-hybridized carbons (Fsp3) is 0.105. The average Bonchev–Trinajstić information content (AvgIpc) is 3.83. The van der Waals surface area contributed by atoms with Crippen molar-refractivity contribution in [3.63, 3.8) is 0 Å². The van der Waals surface area contributed by atoms with Gasteiger partial charge in [-0.1, -0.05) is 94.9 Å². The molecule has 0 radical (unpaired) electrons. The van der Waals surface area contributed by atoms with E-state index in [4.69, 9.17) is 56.6 Å². The molecule has 0 bridgehead atoms. The highest BCUT2D eigenvalue weighted by molar-refractivity contribution is 7.13. The second-order valence-electron chi connectivity index (χ2n) is 11.5. The van der Waals surface area contributed by atoms with Crippen LogP contribution in [0.1, 0.15) is 57.0 Å². The summed E-state index contributed by atoms with van der Waals surface area (Å²) in [6.45, 7) is 0. The van der Waals surface area contributed by atoms with Gasteiger partial charge in [0.25, 0.3) is 11.8 Å². The van der Waals surface area contributed by atoms with E-state index in [9.17, 15) is 19.2 Å². The number of carbonyl (C=O) groups is 4. The normalized spacial score (nSPS) is 11.8. The van der Waals surface area contributed by atoms with Crippen LogP contribution >= 0.6 is 69.1 Å². The Balaban J connectivity index is 0.000000208. The second kappa shape index (κ2) is 19.0. The zero-order valence-corrected chi connectivity index (χ0v) is 32.4. The van der Waals surface area contributed by atoms with Crippen molar-refractivity contribution in [3.8, 4) is 21.1 Å². The molecule has 4 aromatic carbocycles. The third kappa shape index (κ3) is 11.6. The largest absolute Gasteiger partial charge is 0.481 e. The maximum atomic E-state index is 12.6. The highest BCUT2D eigenvalue weighted by atomic mass is 35.5. The van der Waals surface area contributed by atoms with Crippen molar-refractivity contribution in [2.45, 2.75) is 24.9 Å². The molecule has 0 spiro atoms. The van der Waals surface area contributed by atoms with Gasteiger partial charge in [0.05, 0.1) is 24.9 Å². The van der Waals surface area contributed by atoms with Crippen LogP contribution in [0.4, 0.5) is 0 Å². The summed E-state index contributed by atoms with van der Waals surface area (Å²) in [7, 11) is 0. The first-order valence-corrected chi connectivity index (χ1v) is 19.1. The number of carboxylic acids is 2. The van der Waals surface area contributed by atoms with Crippen molar-refractivity contribution in [3.05, 3.63) is 150 Å². The number of carbonyl (C=O) groups excluding carboxylic acids is 2. The van der Waals surface area contributed by atoms with E-state index in [1.807, 2.05) is 18.2 Å². The number of benzene rings is 4. The smallest absolute Gasteiger partial charge is 0.305 e. The number of nitrogens with one attached hydrogen (secondary N) is 2. The molecule has 4 N–H and O–H groups in total. The molecule has 0 aliphatic carbocycles. The number of amides is 2. The van der Waals surface area contributed by atoms with Gasteiger partial charge in [0.15, 0.2) is 0 Å². The van der Waals surface area contributed by atoms with Gasteiger partial charge in [0.1, 0.15) is 21.4 Å². The van der Waals surface area contributed by atoms with Gasteiger partial charge >= 0.3 is 11.9 Å². The fourth-order valence-corrected chi connectivity index (χ4v) is 7.32. The van der Waals surface area contributed by atoms with Crippen LogP contribution in [-0.4, -0.2) is 43.9 Å². The SMILES string of the molecule is O=C(O)C[C@H](NC(=O)c1csc(-c2ccc(Cl)cc2)n1)c1cccc(Cl)c1.O=C(O)C[C@H](NC(=O)c1csc(-c2cccc(Cl)c2)n1)c1cccc(Cl)c1. The van der Waals surface area contributed by atoms with Crippen molar-refractivity contribution in [1.29, 1.82) is 0 Å². The summed E-state index contributed by atoms with van der Waals surface area (Å²) in [6.07, 6.45) is -0.530. The molecule has 16 heteroatoms. The van der Waals surface area contributed by atoms with E-state index in [-0.39, 0.29) is 24.2 Å². The maximum absolute atomic E-state index is 12.6. The molecule has 2 aromatic heterocycles. The number of hydrogen-bond acceptors (Lipinski definition) is 8. The molecular weight excluding hydrogens is 814 g/mol. The predicted molar refractivity (Wildman–Crippen MR) is 213 cm³/mol. The van der Waals surface area contributed by atoms with E-state index in [0.29, 0.717) is 41.2 Å². The molecular formula is C38H28Cl4N4O6S2. The molecule has 6 aromatic rings. The first-order valence-electron chi connectivity index (χ1n) is 15.8. The minimum absolute atomic E-state index is 0.215. The van der Waals surface area contributed by atoms with Crippen LogP contribution in [0.25, 0.3) is 21.1 Å². The molecule has 10 nitrogen and oxygen atoms in total. The molecule has 0 aliphatic rings. The number of halogens is 4. The lowest BCUT2D eigenvalue weighted by molar-refractivity contribution is -0.138. The summed E-state index contributed by atoms with van der Waals surface area (Å²) in [4.78, 5) is 56.2. The van der Waals surface area contributed by atoms with Gasteiger partial charge in [0, 0.05) is 42.0 Å². The maximum Gasteiger partial charge on any atom is 0.305 e. The summed E-state index contributed by atoms with van der Waals surface area (Å²) in [5.74, 6) is -2.96. The zero-order chi connectivity index (χ0) is 38.8. The Morgan fingerprint density at radius 3 is 1.41 bits per heavy atom. The Bertz CT molecular complexity index is 2280. The van der Waals surface area contributed by atoms with Crippen LogP contribution in [0, 0.1) is 0 Å². The van der Waals surface area contributed by atoms with E-state index in [0.717, 1.165) is 11.1 Å². The number of nitrogens with zero attached hydrogens (tertiary/aromatic N) is 2. The number of aliphatic carboxylic acids is 2. The predicted octanol–water partition coefficient (Wildman–Crippen LogP) is 10.1. The lowest BCUT2D eigenvalue weighted by Gasteiger charge is -2.17. The molecule has 0 saturated carbocycles. The Kier molecular flexibility index (Phi) is 14.2. The Morgan fingerprint density at radius 2 is 0.981 bits per heavy atom. The van der Waals surface area contributed by atoms with Gasteiger partial charge in [-0.05, 0) is 59.7 Å². The molecule has 0 fully saturated rings. The minimum Gasteiger partial charge on any atom is -0.481 e. The summed E-state index contributed by atoms with van der Waals surface area (Å²) < 4.78 is 0. The number of aromatic nitrogens is 2. The zero-order valence-electron chi connectivity index (χ0n) is 27.7. The van der Waals surface area contributed by atoms with E-state index < -0.39 is 35.8 Å². The third-order valence-corrected chi connectivity index (χ3v) is 10.2. The summed E-state index contributed by atoms with van der Waals surface area (Å²) in [6, 6.07) is 26.4. The molecule has 0 aliphatic heterocycles. The van der Waals surface area contributed by atoms with E-state index in [1.165, 1.54) is 22.7 Å². The molecule has 0 unspecified atom stereocenters. The van der Waals surface area contributed by atoms with Crippen molar-refractivity contribution in [1.82, 2.24) is 20.6 Å². The van der Waals surface area contributed by atoms with Crippen LogP contribution in [0.2, 0.25) is 20.1 Å². The van der Waals surface area contributed by atoms with Gasteiger partial charge in [-0.3, -0.25) is 19.2 Å². The summed E-state index contributed by atoms with van der Waals surface area (Å²) in [5, 5.41) is 30.5. The topological polar surface area (TPSA) is 159 Å². The molecule has 6 rings (SSSR count). The molecule has 0 saturated heterocycles. The van der Waals surface area contributed by atoms with Crippen molar-refractivity contribution in [2.75, 3.05) is 0 Å². The fourth-order valence-electron chi connectivity index (χ4n) is 5.00. The molecule has 54 heavy (non-hydrogen) atoms. The van der Waals surface area contributed by atoms with Gasteiger partial charge in [-0.2, -0.15) is 0 Å². The van der Waals surface area contributed by atoms with Crippen LogP contribution < -0.4 is 10.6 Å². The first kappa shape index (κ1) is 40.4. The highest BCUT2D eigenvalue weighted by Gasteiger charge is 2.22. The van der Waals surface area contributed by atoms with E-state index in [1.54, 1.807) is 89.6 Å². The van der Waals surface area contributed by atoms with Crippen molar-refractivity contribution < 1.29 is 29.4 Å². The summed E-state index contributed by atoms with van der Waals surface area (Å²) >= 11 is 26.5. The van der Waals surface area contributed by atoms with Crippen LogP contribution in [0.15, 0.2) is 108 Å². The minimum atomic E-state index is -1.03. The third-order valence-electron chi connectivity index (χ3n) is 7.51. The Morgan fingerprint density at radius 1 is 0.556 bits per heavy atom. The summed E-state index contributed by atoms with van der Waals surface area (Å²) in [5.41, 5.74) is 3.33. The van der Waals surface area contributed by atoms with Gasteiger partial charge < -0.3 is 20.8 Å². The molecule has 276 valence electrons. The molecule has 2 amide bonds. The van der Waals surface area contributed by atoms with Gasteiger partial charge in [-0.25, -0.2) is 9.97 Å².